The van der Waals surface area contributed by atoms with Gasteiger partial charge in [0.15, 0.2) is 0 Å². The molecule has 2 aromatic rings. The Balaban J connectivity index is 2.06. The topological polar surface area (TPSA) is 62.4 Å². The van der Waals surface area contributed by atoms with Crippen LogP contribution in [0.4, 0.5) is 11.4 Å². The van der Waals surface area contributed by atoms with Crippen molar-refractivity contribution in [3.63, 3.8) is 0 Å². The van der Waals surface area contributed by atoms with Gasteiger partial charge in [-0.2, -0.15) is 0 Å². The molecular weight excluding hydrogens is 250 g/mol. The molecule has 1 unspecified atom stereocenters. The van der Waals surface area contributed by atoms with Gasteiger partial charge < -0.3 is 15.7 Å². The molecule has 3 N–H and O–H groups in total. The Morgan fingerprint density at radius 2 is 2.20 bits per heavy atom. The van der Waals surface area contributed by atoms with Crippen LogP contribution in [0.2, 0.25) is 0 Å². The predicted octanol–water partition coefficient (Wildman–Crippen LogP) is 2.56. The molecule has 0 radical (unpaired) electrons. The Labute approximate surface area is 119 Å². The first-order valence-corrected chi connectivity index (χ1v) is 7.32. The first-order valence-electron chi connectivity index (χ1n) is 7.32. The van der Waals surface area contributed by atoms with Gasteiger partial charge in [0, 0.05) is 36.5 Å². The highest BCUT2D eigenvalue weighted by Crippen LogP contribution is 2.33. The van der Waals surface area contributed by atoms with Crippen LogP contribution >= 0.6 is 0 Å². The predicted molar refractivity (Wildman–Crippen MR) is 82.8 cm³/mol. The first-order chi connectivity index (χ1) is 9.81. The molecule has 0 aliphatic carbocycles. The molecule has 1 aromatic carbocycles. The second-order valence-electron chi connectivity index (χ2n) is 5.43. The van der Waals surface area contributed by atoms with Gasteiger partial charge >= 0.3 is 0 Å². The van der Waals surface area contributed by atoms with E-state index < -0.39 is 0 Å². The van der Waals surface area contributed by atoms with E-state index in [9.17, 15) is 5.11 Å². The van der Waals surface area contributed by atoms with E-state index in [1.165, 1.54) is 12.8 Å². The summed E-state index contributed by atoms with van der Waals surface area (Å²) in [5.41, 5.74) is 8.94. The van der Waals surface area contributed by atoms with Crippen molar-refractivity contribution in [2.24, 2.45) is 0 Å². The standard InChI is InChI=1S/C16H21N3O/c17-14-6-7-15(16-13(14)5-3-9-18-16)19-10-2-1-4-12(19)8-11-20/h3,5-7,9,12,20H,1-2,4,8,10-11,17H2. The van der Waals surface area contributed by atoms with Crippen molar-refractivity contribution in [2.75, 3.05) is 23.8 Å². The number of aliphatic hydroxyl groups excluding tert-OH is 1. The maximum Gasteiger partial charge on any atom is 0.0956 e. The van der Waals surface area contributed by atoms with Crippen LogP contribution in [0.3, 0.4) is 0 Å². The van der Waals surface area contributed by atoms with Crippen molar-refractivity contribution in [3.05, 3.63) is 30.5 Å². The molecule has 2 heterocycles. The molecule has 0 saturated carbocycles. The molecular formula is C16H21N3O. The lowest BCUT2D eigenvalue weighted by atomic mass is 9.98. The number of piperidine rings is 1. The van der Waals surface area contributed by atoms with Gasteiger partial charge in [-0.15, -0.1) is 0 Å². The third-order valence-electron chi connectivity index (χ3n) is 4.18. The molecule has 4 nitrogen and oxygen atoms in total. The van der Waals surface area contributed by atoms with E-state index in [1.807, 2.05) is 24.4 Å². The van der Waals surface area contributed by atoms with Crippen LogP contribution < -0.4 is 10.6 Å². The number of pyridine rings is 1. The first kappa shape index (κ1) is 13.2. The summed E-state index contributed by atoms with van der Waals surface area (Å²) in [6.45, 7) is 1.27. The molecule has 3 rings (SSSR count). The van der Waals surface area contributed by atoms with E-state index in [2.05, 4.69) is 16.0 Å². The Hall–Kier alpha value is -1.81. The molecule has 1 aliphatic heterocycles. The number of aliphatic hydroxyl groups is 1. The number of fused-ring (bicyclic) bond motifs is 1. The van der Waals surface area contributed by atoms with Gasteiger partial charge in [0.25, 0.3) is 0 Å². The molecule has 0 amide bonds. The highest BCUT2D eigenvalue weighted by Gasteiger charge is 2.24. The normalized spacial score (nSPS) is 19.4. The Bertz CT molecular complexity index is 597. The van der Waals surface area contributed by atoms with E-state index in [-0.39, 0.29) is 6.61 Å². The lowest BCUT2D eigenvalue weighted by Gasteiger charge is -2.37. The van der Waals surface area contributed by atoms with Crippen LogP contribution in [0.5, 0.6) is 0 Å². The Kier molecular flexibility index (Phi) is 3.74. The van der Waals surface area contributed by atoms with E-state index >= 15 is 0 Å². The summed E-state index contributed by atoms with van der Waals surface area (Å²) in [5, 5.41) is 10.3. The minimum atomic E-state index is 0.238. The van der Waals surface area contributed by atoms with E-state index in [0.29, 0.717) is 6.04 Å². The minimum absolute atomic E-state index is 0.238. The number of aromatic nitrogens is 1. The molecule has 1 aliphatic rings. The SMILES string of the molecule is Nc1ccc(N2CCCCC2CCO)c2ncccc12. The van der Waals surface area contributed by atoms with Crippen LogP contribution in [0.15, 0.2) is 30.5 Å². The highest BCUT2D eigenvalue weighted by molar-refractivity contribution is 5.98. The average molecular weight is 271 g/mol. The molecule has 1 fully saturated rings. The summed E-state index contributed by atoms with van der Waals surface area (Å²) >= 11 is 0. The van der Waals surface area contributed by atoms with E-state index in [1.54, 1.807) is 0 Å². The number of nitrogens with two attached hydrogens (primary N) is 1. The van der Waals surface area contributed by atoms with Gasteiger partial charge in [0.05, 0.1) is 11.2 Å². The summed E-state index contributed by atoms with van der Waals surface area (Å²) in [5.74, 6) is 0. The maximum atomic E-state index is 9.28. The monoisotopic (exact) mass is 271 g/mol. The van der Waals surface area contributed by atoms with Crippen LogP contribution in [-0.2, 0) is 0 Å². The maximum absolute atomic E-state index is 9.28. The number of nitrogen functional groups attached to an aromatic ring is 1. The number of nitrogens with zero attached hydrogens (tertiary/aromatic N) is 2. The van der Waals surface area contributed by atoms with E-state index in [4.69, 9.17) is 5.73 Å². The van der Waals surface area contributed by atoms with Crippen molar-refractivity contribution in [1.29, 1.82) is 0 Å². The lowest BCUT2D eigenvalue weighted by molar-refractivity contribution is 0.262. The smallest absolute Gasteiger partial charge is 0.0956 e. The summed E-state index contributed by atoms with van der Waals surface area (Å²) in [4.78, 5) is 6.92. The summed E-state index contributed by atoms with van der Waals surface area (Å²) in [6.07, 6.45) is 6.20. The minimum Gasteiger partial charge on any atom is -0.398 e. The second-order valence-corrected chi connectivity index (χ2v) is 5.43. The van der Waals surface area contributed by atoms with Gasteiger partial charge in [-0.25, -0.2) is 0 Å². The van der Waals surface area contributed by atoms with Crippen molar-refractivity contribution in [1.82, 2.24) is 4.98 Å². The van der Waals surface area contributed by atoms with Gasteiger partial charge in [-0.1, -0.05) is 0 Å². The zero-order valence-corrected chi connectivity index (χ0v) is 11.6. The summed E-state index contributed by atoms with van der Waals surface area (Å²) in [6, 6.07) is 8.38. The number of anilines is 2. The fourth-order valence-electron chi connectivity index (χ4n) is 3.18. The molecule has 4 heteroatoms. The molecule has 106 valence electrons. The fraction of sp³-hybridized carbons (Fsp3) is 0.438. The van der Waals surface area contributed by atoms with Gasteiger partial charge in [-0.3, -0.25) is 4.98 Å². The molecule has 20 heavy (non-hydrogen) atoms. The van der Waals surface area contributed by atoms with Gasteiger partial charge in [-0.05, 0) is 49.9 Å². The number of rotatable bonds is 3. The third kappa shape index (κ3) is 2.31. The van der Waals surface area contributed by atoms with Crippen molar-refractivity contribution < 1.29 is 5.11 Å². The molecule has 1 atom stereocenters. The van der Waals surface area contributed by atoms with Crippen molar-refractivity contribution in [3.8, 4) is 0 Å². The second kappa shape index (κ2) is 5.67. The molecule has 1 aromatic heterocycles. The highest BCUT2D eigenvalue weighted by atomic mass is 16.3. The number of benzene rings is 1. The Morgan fingerprint density at radius 3 is 3.05 bits per heavy atom. The lowest BCUT2D eigenvalue weighted by Crippen LogP contribution is -2.40. The summed E-state index contributed by atoms with van der Waals surface area (Å²) < 4.78 is 0. The van der Waals surface area contributed by atoms with Crippen LogP contribution in [0.1, 0.15) is 25.7 Å². The number of hydrogen-bond acceptors (Lipinski definition) is 4. The zero-order chi connectivity index (χ0) is 13.9. The largest absolute Gasteiger partial charge is 0.398 e. The molecule has 0 spiro atoms. The van der Waals surface area contributed by atoms with Crippen LogP contribution in [-0.4, -0.2) is 29.3 Å². The fourth-order valence-corrected chi connectivity index (χ4v) is 3.18. The van der Waals surface area contributed by atoms with E-state index in [0.717, 1.165) is 41.7 Å². The Morgan fingerprint density at radius 1 is 1.30 bits per heavy atom. The molecule has 1 saturated heterocycles. The average Bonchev–Trinajstić information content (AvgIpc) is 2.49. The van der Waals surface area contributed by atoms with Crippen LogP contribution in [0.25, 0.3) is 10.9 Å². The summed E-state index contributed by atoms with van der Waals surface area (Å²) in [7, 11) is 0. The quantitative estimate of drug-likeness (QED) is 0.842. The van der Waals surface area contributed by atoms with Crippen molar-refractivity contribution >= 4 is 22.3 Å². The van der Waals surface area contributed by atoms with Crippen LogP contribution in [0, 0.1) is 0 Å². The number of hydrogen-bond donors (Lipinski definition) is 2. The zero-order valence-electron chi connectivity index (χ0n) is 11.6. The molecule has 0 bridgehead atoms. The van der Waals surface area contributed by atoms with Gasteiger partial charge in [0.1, 0.15) is 0 Å². The van der Waals surface area contributed by atoms with Crippen molar-refractivity contribution in [2.45, 2.75) is 31.7 Å². The third-order valence-corrected chi connectivity index (χ3v) is 4.18. The van der Waals surface area contributed by atoms with Gasteiger partial charge in [0.2, 0.25) is 0 Å².